The lowest BCUT2D eigenvalue weighted by atomic mass is 9.89. The van der Waals surface area contributed by atoms with E-state index in [9.17, 15) is 4.79 Å². The van der Waals surface area contributed by atoms with Gasteiger partial charge in [-0.05, 0) is 52.5 Å². The maximum Gasteiger partial charge on any atom is 0.239 e. The number of nitrogens with zero attached hydrogens (tertiary/aromatic N) is 2. The van der Waals surface area contributed by atoms with Gasteiger partial charge in [0.25, 0.3) is 0 Å². The summed E-state index contributed by atoms with van der Waals surface area (Å²) in [6.07, 6.45) is 4.74. The fourth-order valence-electron chi connectivity index (χ4n) is 3.55. The maximum absolute atomic E-state index is 12.5. The normalized spacial score (nSPS) is 34.0. The molecule has 4 unspecified atom stereocenters. The first-order valence-corrected chi connectivity index (χ1v) is 8.24. The summed E-state index contributed by atoms with van der Waals surface area (Å²) in [4.78, 5) is 16.9. The van der Waals surface area contributed by atoms with E-state index in [2.05, 4.69) is 31.1 Å². The Balaban J connectivity index is 1.86. The van der Waals surface area contributed by atoms with Crippen LogP contribution in [0.3, 0.4) is 0 Å². The molecule has 2 aliphatic heterocycles. The minimum Gasteiger partial charge on any atom is -0.341 e. The summed E-state index contributed by atoms with van der Waals surface area (Å²) in [6.45, 7) is 9.61. The fraction of sp³-hybridized carbons (Fsp3) is 0.938. The number of piperidine rings is 2. The second-order valence-corrected chi connectivity index (χ2v) is 6.88. The zero-order chi connectivity index (χ0) is 14.7. The third kappa shape index (κ3) is 3.73. The van der Waals surface area contributed by atoms with Crippen LogP contribution in [-0.2, 0) is 4.79 Å². The number of hydrogen-bond donors (Lipinski definition) is 1. The van der Waals surface area contributed by atoms with Gasteiger partial charge in [-0.25, -0.2) is 0 Å². The molecular weight excluding hydrogens is 250 g/mol. The first kappa shape index (κ1) is 15.8. The lowest BCUT2D eigenvalue weighted by molar-refractivity contribution is -0.134. The zero-order valence-corrected chi connectivity index (χ0v) is 13.6. The Bertz CT molecular complexity index is 328. The number of amides is 1. The molecule has 2 heterocycles. The van der Waals surface area contributed by atoms with E-state index in [-0.39, 0.29) is 6.04 Å². The second-order valence-electron chi connectivity index (χ2n) is 6.88. The van der Waals surface area contributed by atoms with E-state index in [1.807, 2.05) is 11.8 Å². The molecule has 116 valence electrons. The van der Waals surface area contributed by atoms with Crippen LogP contribution in [0, 0.1) is 5.92 Å². The van der Waals surface area contributed by atoms with Crippen molar-refractivity contribution in [1.29, 1.82) is 0 Å². The van der Waals surface area contributed by atoms with Crippen LogP contribution in [0.5, 0.6) is 0 Å². The maximum atomic E-state index is 12.5. The highest BCUT2D eigenvalue weighted by Crippen LogP contribution is 2.21. The molecule has 0 radical (unpaired) electrons. The lowest BCUT2D eigenvalue weighted by Gasteiger charge is -2.41. The van der Waals surface area contributed by atoms with Gasteiger partial charge in [-0.2, -0.15) is 0 Å². The molecule has 0 aromatic rings. The predicted octanol–water partition coefficient (Wildman–Crippen LogP) is 1.71. The smallest absolute Gasteiger partial charge is 0.239 e. The quantitative estimate of drug-likeness (QED) is 0.855. The largest absolute Gasteiger partial charge is 0.341 e. The van der Waals surface area contributed by atoms with Gasteiger partial charge in [0.2, 0.25) is 5.91 Å². The van der Waals surface area contributed by atoms with E-state index < -0.39 is 0 Å². The van der Waals surface area contributed by atoms with Crippen molar-refractivity contribution >= 4 is 5.91 Å². The first-order chi connectivity index (χ1) is 9.49. The van der Waals surface area contributed by atoms with Crippen molar-refractivity contribution in [2.24, 2.45) is 5.92 Å². The molecule has 20 heavy (non-hydrogen) atoms. The molecule has 2 rings (SSSR count). The van der Waals surface area contributed by atoms with Crippen molar-refractivity contribution in [3.8, 4) is 0 Å². The molecule has 4 atom stereocenters. The second kappa shape index (κ2) is 6.90. The van der Waals surface area contributed by atoms with E-state index in [1.54, 1.807) is 0 Å². The summed E-state index contributed by atoms with van der Waals surface area (Å²) in [7, 11) is 2.19. The molecule has 2 aliphatic rings. The van der Waals surface area contributed by atoms with Crippen molar-refractivity contribution in [2.75, 3.05) is 26.7 Å². The Morgan fingerprint density at radius 2 is 1.85 bits per heavy atom. The van der Waals surface area contributed by atoms with E-state index in [0.29, 0.717) is 23.9 Å². The van der Waals surface area contributed by atoms with Crippen LogP contribution in [0.25, 0.3) is 0 Å². The van der Waals surface area contributed by atoms with Gasteiger partial charge in [0.05, 0.1) is 6.04 Å². The van der Waals surface area contributed by atoms with E-state index in [4.69, 9.17) is 0 Å². The predicted molar refractivity (Wildman–Crippen MR) is 82.7 cm³/mol. The molecule has 2 saturated heterocycles. The van der Waals surface area contributed by atoms with Gasteiger partial charge >= 0.3 is 0 Å². The molecule has 2 fully saturated rings. The third-order valence-electron chi connectivity index (χ3n) is 5.11. The molecule has 0 saturated carbocycles. The van der Waals surface area contributed by atoms with Gasteiger partial charge in [-0.3, -0.25) is 4.79 Å². The van der Waals surface area contributed by atoms with Gasteiger partial charge in [0.15, 0.2) is 0 Å². The summed E-state index contributed by atoms with van der Waals surface area (Å²) in [5, 5.41) is 3.60. The molecule has 4 heteroatoms. The molecule has 4 nitrogen and oxygen atoms in total. The lowest BCUT2D eigenvalue weighted by Crippen LogP contribution is -2.56. The van der Waals surface area contributed by atoms with Crippen LogP contribution >= 0.6 is 0 Å². The molecule has 0 bridgehead atoms. The van der Waals surface area contributed by atoms with Crippen LogP contribution in [0.1, 0.15) is 46.5 Å². The molecule has 0 spiro atoms. The minimum absolute atomic E-state index is 0.0452. The van der Waals surface area contributed by atoms with Crippen LogP contribution in [0.15, 0.2) is 0 Å². The average Bonchev–Trinajstić information content (AvgIpc) is 2.44. The van der Waals surface area contributed by atoms with Crippen molar-refractivity contribution in [1.82, 2.24) is 15.1 Å². The van der Waals surface area contributed by atoms with Gasteiger partial charge < -0.3 is 15.1 Å². The highest BCUT2D eigenvalue weighted by Gasteiger charge is 2.31. The van der Waals surface area contributed by atoms with E-state index >= 15 is 0 Å². The molecule has 1 N–H and O–H groups in total. The topological polar surface area (TPSA) is 35.6 Å². The zero-order valence-electron chi connectivity index (χ0n) is 13.6. The van der Waals surface area contributed by atoms with Crippen LogP contribution in [0.4, 0.5) is 0 Å². The van der Waals surface area contributed by atoms with Gasteiger partial charge in [0, 0.05) is 31.7 Å². The number of nitrogens with one attached hydrogen (secondary N) is 1. The summed E-state index contributed by atoms with van der Waals surface area (Å²) < 4.78 is 0. The number of carbonyl (C=O) groups excluding carboxylic acids is 1. The monoisotopic (exact) mass is 281 g/mol. The van der Waals surface area contributed by atoms with Crippen molar-refractivity contribution < 1.29 is 4.79 Å². The Kier molecular flexibility index (Phi) is 5.44. The average molecular weight is 281 g/mol. The fourth-order valence-corrected chi connectivity index (χ4v) is 3.55. The Morgan fingerprint density at radius 1 is 1.20 bits per heavy atom. The standard InChI is InChI=1S/C16H31N3O/c1-12-11-18(4)13(2)10-15(12)17-14(3)16(20)19-8-6-5-7-9-19/h12-15,17H,5-11H2,1-4H3. The van der Waals surface area contributed by atoms with Crippen LogP contribution in [0.2, 0.25) is 0 Å². The Morgan fingerprint density at radius 3 is 2.50 bits per heavy atom. The van der Waals surface area contributed by atoms with Gasteiger partial charge in [0.1, 0.15) is 0 Å². The van der Waals surface area contributed by atoms with Crippen LogP contribution in [-0.4, -0.2) is 60.5 Å². The van der Waals surface area contributed by atoms with E-state index in [1.165, 1.54) is 19.3 Å². The van der Waals surface area contributed by atoms with Crippen molar-refractivity contribution in [3.63, 3.8) is 0 Å². The highest BCUT2D eigenvalue weighted by atomic mass is 16.2. The molecular formula is C16H31N3O. The Hall–Kier alpha value is -0.610. The van der Waals surface area contributed by atoms with Gasteiger partial charge in [-0.1, -0.05) is 6.92 Å². The van der Waals surface area contributed by atoms with Crippen LogP contribution < -0.4 is 5.32 Å². The summed E-state index contributed by atoms with van der Waals surface area (Å²) in [5.74, 6) is 0.899. The molecule has 0 aliphatic carbocycles. The summed E-state index contributed by atoms with van der Waals surface area (Å²) in [6, 6.07) is 1.02. The number of hydrogen-bond acceptors (Lipinski definition) is 3. The molecule has 1 amide bonds. The van der Waals surface area contributed by atoms with E-state index in [0.717, 1.165) is 26.1 Å². The Labute approximate surface area is 123 Å². The number of carbonyl (C=O) groups is 1. The van der Waals surface area contributed by atoms with Crippen molar-refractivity contribution in [2.45, 2.75) is 64.6 Å². The number of likely N-dealkylation sites (tertiary alicyclic amines) is 2. The summed E-state index contributed by atoms with van der Waals surface area (Å²) in [5.41, 5.74) is 0. The molecule has 0 aromatic carbocycles. The molecule has 0 aromatic heterocycles. The third-order valence-corrected chi connectivity index (χ3v) is 5.11. The number of rotatable bonds is 3. The summed E-state index contributed by atoms with van der Waals surface area (Å²) >= 11 is 0. The first-order valence-electron chi connectivity index (χ1n) is 8.24. The van der Waals surface area contributed by atoms with Gasteiger partial charge in [-0.15, -0.1) is 0 Å². The highest BCUT2D eigenvalue weighted by molar-refractivity contribution is 5.81. The minimum atomic E-state index is -0.0452. The SMILES string of the molecule is CC(NC1CC(C)N(C)CC1C)C(=O)N1CCCCC1. The van der Waals surface area contributed by atoms with Crippen molar-refractivity contribution in [3.05, 3.63) is 0 Å².